The van der Waals surface area contributed by atoms with Gasteiger partial charge in [0.05, 0.1) is 33.1 Å². The van der Waals surface area contributed by atoms with E-state index in [-0.39, 0.29) is 0 Å². The molecule has 0 saturated carbocycles. The first-order valence-corrected chi connectivity index (χ1v) is 9.08. The Morgan fingerprint density at radius 1 is 0.889 bits per heavy atom. The second-order valence-electron chi connectivity index (χ2n) is 6.41. The minimum Gasteiger partial charge on any atom is -0.496 e. The van der Waals surface area contributed by atoms with Crippen LogP contribution in [0.25, 0.3) is 0 Å². The monoisotopic (exact) mass is 369 g/mol. The average molecular weight is 369 g/mol. The van der Waals surface area contributed by atoms with E-state index in [1.165, 1.54) is 5.56 Å². The summed E-state index contributed by atoms with van der Waals surface area (Å²) in [4.78, 5) is 2.45. The van der Waals surface area contributed by atoms with E-state index in [0.29, 0.717) is 17.2 Å². The molecule has 1 aliphatic rings. The summed E-state index contributed by atoms with van der Waals surface area (Å²) in [5, 5.41) is 6.74. The van der Waals surface area contributed by atoms with Crippen LogP contribution in [0.2, 0.25) is 0 Å². The van der Waals surface area contributed by atoms with Gasteiger partial charge in [-0.3, -0.25) is 9.91 Å². The van der Waals surface area contributed by atoms with Crippen LogP contribution in [0.4, 0.5) is 0 Å². The van der Waals surface area contributed by atoms with E-state index in [4.69, 9.17) is 14.2 Å². The Kier molecular flexibility index (Phi) is 6.54. The van der Waals surface area contributed by atoms with Crippen LogP contribution in [0.1, 0.15) is 11.1 Å². The van der Waals surface area contributed by atoms with Gasteiger partial charge in [-0.25, -0.2) is 0 Å². The summed E-state index contributed by atoms with van der Waals surface area (Å²) >= 11 is 0. The first-order chi connectivity index (χ1) is 13.2. The van der Waals surface area contributed by atoms with Crippen molar-refractivity contribution in [3.63, 3.8) is 0 Å². The van der Waals surface area contributed by atoms with E-state index in [2.05, 4.69) is 45.3 Å². The molecular formula is C21H27N3O3. The van der Waals surface area contributed by atoms with Crippen LogP contribution in [0.15, 0.2) is 47.6 Å². The van der Waals surface area contributed by atoms with E-state index in [1.54, 1.807) is 21.3 Å². The van der Waals surface area contributed by atoms with Crippen LogP contribution in [-0.4, -0.2) is 63.6 Å². The Balaban J connectivity index is 1.62. The van der Waals surface area contributed by atoms with Gasteiger partial charge in [0.15, 0.2) is 0 Å². The minimum absolute atomic E-state index is 0.678. The maximum atomic E-state index is 5.48. The smallest absolute Gasteiger partial charge is 0.135 e. The maximum Gasteiger partial charge on any atom is 0.135 e. The molecule has 6 heteroatoms. The van der Waals surface area contributed by atoms with E-state index in [1.807, 2.05) is 18.3 Å². The number of hydrogen-bond acceptors (Lipinski definition) is 6. The quantitative estimate of drug-likeness (QED) is 0.703. The molecule has 0 N–H and O–H groups in total. The summed E-state index contributed by atoms with van der Waals surface area (Å²) in [6, 6.07) is 14.2. The molecular weight excluding hydrogens is 342 g/mol. The van der Waals surface area contributed by atoms with Gasteiger partial charge < -0.3 is 14.2 Å². The Bertz CT molecular complexity index is 732. The number of ether oxygens (including phenoxy) is 3. The lowest BCUT2D eigenvalue weighted by Crippen LogP contribution is -2.43. The first-order valence-electron chi connectivity index (χ1n) is 9.08. The molecule has 0 unspecified atom stereocenters. The van der Waals surface area contributed by atoms with Gasteiger partial charge in [0, 0.05) is 44.9 Å². The second-order valence-corrected chi connectivity index (χ2v) is 6.41. The predicted octanol–water partition coefficient (Wildman–Crippen LogP) is 2.86. The van der Waals surface area contributed by atoms with Gasteiger partial charge in [-0.2, -0.15) is 5.10 Å². The number of rotatable bonds is 7. The van der Waals surface area contributed by atoms with Gasteiger partial charge in [0.2, 0.25) is 0 Å². The second kappa shape index (κ2) is 9.28. The van der Waals surface area contributed by atoms with Crippen molar-refractivity contribution in [2.24, 2.45) is 5.10 Å². The van der Waals surface area contributed by atoms with Crippen molar-refractivity contribution in [2.45, 2.75) is 6.54 Å². The fraction of sp³-hybridized carbons (Fsp3) is 0.381. The molecule has 2 aromatic rings. The SMILES string of the molecule is COc1cc(OC)c(/C=N\N2CCN(Cc3ccccc3)CC2)c(OC)c1. The largest absolute Gasteiger partial charge is 0.496 e. The fourth-order valence-corrected chi connectivity index (χ4v) is 3.15. The van der Waals surface area contributed by atoms with Gasteiger partial charge >= 0.3 is 0 Å². The topological polar surface area (TPSA) is 46.5 Å². The van der Waals surface area contributed by atoms with Crippen LogP contribution in [0.5, 0.6) is 17.2 Å². The highest BCUT2D eigenvalue weighted by Gasteiger charge is 2.16. The van der Waals surface area contributed by atoms with Crippen molar-refractivity contribution in [1.29, 1.82) is 0 Å². The van der Waals surface area contributed by atoms with E-state index in [9.17, 15) is 0 Å². The van der Waals surface area contributed by atoms with Crippen molar-refractivity contribution in [2.75, 3.05) is 47.5 Å². The van der Waals surface area contributed by atoms with Crippen LogP contribution >= 0.6 is 0 Å². The molecule has 0 aromatic heterocycles. The highest BCUT2D eigenvalue weighted by molar-refractivity contribution is 5.88. The third-order valence-electron chi connectivity index (χ3n) is 4.70. The zero-order valence-corrected chi connectivity index (χ0v) is 16.2. The molecule has 0 bridgehead atoms. The van der Waals surface area contributed by atoms with Crippen molar-refractivity contribution < 1.29 is 14.2 Å². The number of hydrazone groups is 1. The summed E-state index contributed by atoms with van der Waals surface area (Å²) in [7, 11) is 4.89. The molecule has 0 amide bonds. The number of benzene rings is 2. The first kappa shape index (κ1) is 19.0. The third-order valence-corrected chi connectivity index (χ3v) is 4.70. The summed E-state index contributed by atoms with van der Waals surface area (Å²) in [5.41, 5.74) is 2.16. The number of piperazine rings is 1. The highest BCUT2D eigenvalue weighted by Crippen LogP contribution is 2.32. The Morgan fingerprint density at radius 2 is 1.52 bits per heavy atom. The highest BCUT2D eigenvalue weighted by atomic mass is 16.5. The molecule has 1 heterocycles. The summed E-state index contributed by atoms with van der Waals surface area (Å²) < 4.78 is 16.2. The summed E-state index contributed by atoms with van der Waals surface area (Å²) in [5.74, 6) is 2.05. The lowest BCUT2D eigenvalue weighted by atomic mass is 10.2. The van der Waals surface area contributed by atoms with Crippen LogP contribution in [-0.2, 0) is 6.54 Å². The zero-order chi connectivity index (χ0) is 19.1. The zero-order valence-electron chi connectivity index (χ0n) is 16.2. The lowest BCUT2D eigenvalue weighted by Gasteiger charge is -2.33. The molecule has 1 aliphatic heterocycles. The lowest BCUT2D eigenvalue weighted by molar-refractivity contribution is 0.131. The molecule has 27 heavy (non-hydrogen) atoms. The van der Waals surface area contributed by atoms with Crippen molar-refractivity contribution in [3.8, 4) is 17.2 Å². The van der Waals surface area contributed by atoms with E-state index < -0.39 is 0 Å². The van der Waals surface area contributed by atoms with E-state index >= 15 is 0 Å². The van der Waals surface area contributed by atoms with Gasteiger partial charge in [-0.1, -0.05) is 30.3 Å². The molecule has 144 valence electrons. The van der Waals surface area contributed by atoms with Gasteiger partial charge in [-0.15, -0.1) is 0 Å². The Morgan fingerprint density at radius 3 is 2.07 bits per heavy atom. The number of hydrogen-bond donors (Lipinski definition) is 0. The summed E-state index contributed by atoms with van der Waals surface area (Å²) in [6.45, 7) is 4.75. The molecule has 6 nitrogen and oxygen atoms in total. The predicted molar refractivity (Wildman–Crippen MR) is 107 cm³/mol. The molecule has 0 atom stereocenters. The molecule has 1 fully saturated rings. The Labute approximate surface area is 160 Å². The third kappa shape index (κ3) is 4.92. The fourth-order valence-electron chi connectivity index (χ4n) is 3.15. The van der Waals surface area contributed by atoms with Crippen molar-refractivity contribution >= 4 is 6.21 Å². The number of nitrogens with zero attached hydrogens (tertiary/aromatic N) is 3. The van der Waals surface area contributed by atoms with Crippen LogP contribution in [0.3, 0.4) is 0 Å². The van der Waals surface area contributed by atoms with Crippen molar-refractivity contribution in [3.05, 3.63) is 53.6 Å². The minimum atomic E-state index is 0.678. The van der Waals surface area contributed by atoms with Crippen molar-refractivity contribution in [1.82, 2.24) is 9.91 Å². The standard InChI is InChI=1S/C21H27N3O3/c1-25-18-13-20(26-2)19(21(14-18)27-3)15-22-24-11-9-23(10-12-24)16-17-7-5-4-6-8-17/h4-8,13-15H,9-12,16H2,1-3H3/b22-15-. The Hall–Kier alpha value is -2.73. The van der Waals surface area contributed by atoms with Gasteiger partial charge in [-0.05, 0) is 5.56 Å². The van der Waals surface area contributed by atoms with Crippen LogP contribution in [0, 0.1) is 0 Å². The molecule has 0 radical (unpaired) electrons. The van der Waals surface area contributed by atoms with Gasteiger partial charge in [0.1, 0.15) is 17.2 Å². The van der Waals surface area contributed by atoms with E-state index in [0.717, 1.165) is 38.3 Å². The van der Waals surface area contributed by atoms with Gasteiger partial charge in [0.25, 0.3) is 0 Å². The molecule has 2 aromatic carbocycles. The maximum absolute atomic E-state index is 5.48. The number of methoxy groups -OCH3 is 3. The molecule has 0 spiro atoms. The molecule has 0 aliphatic carbocycles. The molecule has 3 rings (SSSR count). The average Bonchev–Trinajstić information content (AvgIpc) is 2.73. The van der Waals surface area contributed by atoms with Crippen LogP contribution < -0.4 is 14.2 Å². The molecule has 1 saturated heterocycles. The normalized spacial score (nSPS) is 15.1. The summed E-state index contributed by atoms with van der Waals surface area (Å²) in [6.07, 6.45) is 1.81.